The summed E-state index contributed by atoms with van der Waals surface area (Å²) in [6.45, 7) is 3.74. The Labute approximate surface area is 196 Å². The van der Waals surface area contributed by atoms with Gasteiger partial charge in [0, 0.05) is 0 Å². The second-order valence-corrected chi connectivity index (χ2v) is 12.8. The fourth-order valence-corrected chi connectivity index (χ4v) is 7.55. The highest BCUT2D eigenvalue weighted by molar-refractivity contribution is 7.87. The van der Waals surface area contributed by atoms with Gasteiger partial charge in [0.1, 0.15) is 16.4 Å². The van der Waals surface area contributed by atoms with Crippen molar-refractivity contribution in [3.05, 3.63) is 77.4 Å². The molecule has 7 nitrogen and oxygen atoms in total. The van der Waals surface area contributed by atoms with Gasteiger partial charge in [0.15, 0.2) is 0 Å². The first-order valence-electron chi connectivity index (χ1n) is 9.85. The second kappa shape index (κ2) is 9.91. The van der Waals surface area contributed by atoms with Crippen LogP contribution in [0.4, 0.5) is 0 Å². The molecule has 0 spiro atoms. The molecular weight excluding hydrogens is 483 g/mol. The molecule has 1 unspecified atom stereocenters. The number of methoxy groups -OCH3 is 1. The van der Waals surface area contributed by atoms with Gasteiger partial charge in [-0.2, -0.15) is 16.8 Å². The van der Waals surface area contributed by atoms with Gasteiger partial charge in [-0.1, -0.05) is 48.0 Å². The van der Waals surface area contributed by atoms with E-state index >= 15 is 0 Å². The molecule has 0 saturated carbocycles. The van der Waals surface area contributed by atoms with Gasteiger partial charge in [0.2, 0.25) is 0 Å². The number of hydrogen-bond donors (Lipinski definition) is 1. The van der Waals surface area contributed by atoms with E-state index < -0.39 is 33.9 Å². The molecule has 3 aromatic rings. The van der Waals surface area contributed by atoms with E-state index in [1.54, 1.807) is 31.2 Å². The molecule has 0 radical (unpaired) electrons. The summed E-state index contributed by atoms with van der Waals surface area (Å²) in [5, 5.41) is 2.48. The maximum absolute atomic E-state index is 12.5. The molecule has 10 heteroatoms. The van der Waals surface area contributed by atoms with Gasteiger partial charge in [0.25, 0.3) is 20.2 Å². The summed E-state index contributed by atoms with van der Waals surface area (Å²) < 4.78 is 67.5. The Hall–Kier alpha value is -2.29. The van der Waals surface area contributed by atoms with E-state index in [1.165, 1.54) is 13.2 Å². The lowest BCUT2D eigenvalue weighted by atomic mass is 10.1. The van der Waals surface area contributed by atoms with Crippen LogP contribution in [0.2, 0.25) is 0 Å². The average molecular weight is 509 g/mol. The zero-order valence-corrected chi connectivity index (χ0v) is 21.2. The molecule has 0 aliphatic carbocycles. The minimum absolute atomic E-state index is 0.0876. The monoisotopic (exact) mass is 508 g/mol. The van der Waals surface area contributed by atoms with Crippen molar-refractivity contribution in [1.82, 2.24) is 0 Å². The lowest BCUT2D eigenvalue weighted by molar-refractivity contribution is 0.378. The number of rotatable bonds is 8. The lowest BCUT2D eigenvalue weighted by Crippen LogP contribution is -2.23. The molecule has 0 aromatic heterocycles. The molecule has 0 aliphatic rings. The van der Waals surface area contributed by atoms with Crippen LogP contribution in [-0.4, -0.2) is 35.6 Å². The maximum Gasteiger partial charge on any atom is 0.300 e. The van der Waals surface area contributed by atoms with E-state index in [2.05, 4.69) is 0 Å². The Morgan fingerprint density at radius 3 is 2.09 bits per heavy atom. The standard InChI is InChI=1S/C23H25O7PS2/c1-16-6-5-7-19(12-16)31(20-9-8-17(2)18(13-20)15-32(24,25)26)21-10-11-22(29-3)23(14-21)33(27,28)30-4/h5-14H,15H2,1-4H3,(H,24,25,26). The van der Waals surface area contributed by atoms with Crippen LogP contribution in [0.15, 0.2) is 65.6 Å². The van der Waals surface area contributed by atoms with E-state index in [4.69, 9.17) is 8.92 Å². The van der Waals surface area contributed by atoms with E-state index in [1.807, 2.05) is 37.3 Å². The summed E-state index contributed by atoms with van der Waals surface area (Å²) in [5.41, 5.74) is 2.24. The molecule has 0 fully saturated rings. The Morgan fingerprint density at radius 1 is 0.848 bits per heavy atom. The Kier molecular flexibility index (Phi) is 7.61. The Morgan fingerprint density at radius 2 is 1.48 bits per heavy atom. The predicted octanol–water partition coefficient (Wildman–Crippen LogP) is 2.79. The molecule has 176 valence electrons. The summed E-state index contributed by atoms with van der Waals surface area (Å²) in [6, 6.07) is 18.2. The molecule has 0 heterocycles. The maximum atomic E-state index is 12.5. The second-order valence-electron chi connectivity index (χ2n) is 7.47. The van der Waals surface area contributed by atoms with Gasteiger partial charge in [-0.3, -0.25) is 8.74 Å². The van der Waals surface area contributed by atoms with Gasteiger partial charge < -0.3 is 4.74 Å². The number of hydrogen-bond acceptors (Lipinski definition) is 6. The van der Waals surface area contributed by atoms with E-state index in [0.717, 1.165) is 28.8 Å². The Bertz CT molecular complexity index is 1380. The van der Waals surface area contributed by atoms with Crippen LogP contribution in [0, 0.1) is 13.8 Å². The molecule has 1 atom stereocenters. The van der Waals surface area contributed by atoms with Gasteiger partial charge >= 0.3 is 0 Å². The number of aryl methyl sites for hydroxylation is 2. The summed E-state index contributed by atoms with van der Waals surface area (Å²) in [5.74, 6) is -0.342. The predicted molar refractivity (Wildman–Crippen MR) is 131 cm³/mol. The van der Waals surface area contributed by atoms with Crippen molar-refractivity contribution in [3.63, 3.8) is 0 Å². The van der Waals surface area contributed by atoms with Gasteiger partial charge in [-0.25, -0.2) is 0 Å². The van der Waals surface area contributed by atoms with Gasteiger partial charge in [-0.05, 0) is 67.0 Å². The topological polar surface area (TPSA) is 107 Å². The van der Waals surface area contributed by atoms with Crippen LogP contribution in [0.3, 0.4) is 0 Å². The number of benzene rings is 3. The van der Waals surface area contributed by atoms with E-state index in [9.17, 15) is 21.4 Å². The smallest absolute Gasteiger partial charge is 0.300 e. The molecule has 33 heavy (non-hydrogen) atoms. The molecular formula is C23H25O7PS2. The highest BCUT2D eigenvalue weighted by Gasteiger charge is 2.25. The van der Waals surface area contributed by atoms with Crippen molar-refractivity contribution in [3.8, 4) is 5.75 Å². The first kappa shape index (κ1) is 25.3. The van der Waals surface area contributed by atoms with Crippen molar-refractivity contribution >= 4 is 44.1 Å². The third-order valence-corrected chi connectivity index (χ3v) is 9.44. The molecule has 3 aromatic carbocycles. The quantitative estimate of drug-likeness (QED) is 0.283. The highest BCUT2D eigenvalue weighted by Crippen LogP contribution is 2.36. The molecule has 0 amide bonds. The van der Waals surface area contributed by atoms with E-state index in [0.29, 0.717) is 10.9 Å². The highest BCUT2D eigenvalue weighted by atomic mass is 32.2. The normalized spacial score (nSPS) is 13.0. The van der Waals surface area contributed by atoms with Crippen LogP contribution in [0.25, 0.3) is 0 Å². The van der Waals surface area contributed by atoms with Gasteiger partial charge in [0.05, 0.1) is 14.2 Å². The van der Waals surface area contributed by atoms with Crippen LogP contribution in [0.1, 0.15) is 16.7 Å². The van der Waals surface area contributed by atoms with Crippen molar-refractivity contribution in [2.75, 3.05) is 14.2 Å². The SMILES string of the molecule is COc1ccc(P(c2cccc(C)c2)c2ccc(C)c(CS(=O)(=O)O)c2)cc1S(=O)(=O)OC. The van der Waals surface area contributed by atoms with Crippen molar-refractivity contribution in [1.29, 1.82) is 0 Å². The first-order valence-corrected chi connectivity index (χ1v) is 14.2. The van der Waals surface area contributed by atoms with Gasteiger partial charge in [-0.15, -0.1) is 0 Å². The average Bonchev–Trinajstić information content (AvgIpc) is 2.75. The minimum atomic E-state index is -4.22. The van der Waals surface area contributed by atoms with Crippen LogP contribution >= 0.6 is 7.92 Å². The third kappa shape index (κ3) is 5.99. The summed E-state index contributed by atoms with van der Waals surface area (Å²) in [4.78, 5) is -0.0876. The fraction of sp³-hybridized carbons (Fsp3) is 0.217. The molecule has 0 aliphatic heterocycles. The van der Waals surface area contributed by atoms with Crippen molar-refractivity contribution < 1.29 is 30.3 Å². The van der Waals surface area contributed by atoms with Crippen LogP contribution < -0.4 is 20.7 Å². The first-order chi connectivity index (χ1) is 15.4. The van der Waals surface area contributed by atoms with Crippen molar-refractivity contribution in [2.24, 2.45) is 0 Å². The third-order valence-electron chi connectivity index (χ3n) is 5.08. The summed E-state index contributed by atoms with van der Waals surface area (Å²) >= 11 is 0. The van der Waals surface area contributed by atoms with Crippen LogP contribution in [-0.2, 0) is 30.2 Å². The zero-order chi connectivity index (χ0) is 24.4. The van der Waals surface area contributed by atoms with Crippen molar-refractivity contribution in [2.45, 2.75) is 24.5 Å². The number of ether oxygens (including phenoxy) is 1. The minimum Gasteiger partial charge on any atom is -0.495 e. The lowest BCUT2D eigenvalue weighted by Gasteiger charge is -2.22. The molecule has 0 saturated heterocycles. The van der Waals surface area contributed by atoms with Crippen LogP contribution in [0.5, 0.6) is 5.75 Å². The summed E-state index contributed by atoms with van der Waals surface area (Å²) in [7, 11) is -7.05. The molecule has 3 rings (SSSR count). The van der Waals surface area contributed by atoms with E-state index in [-0.39, 0.29) is 10.6 Å². The largest absolute Gasteiger partial charge is 0.495 e. The zero-order valence-electron chi connectivity index (χ0n) is 18.6. The molecule has 0 bridgehead atoms. The fourth-order valence-electron chi connectivity index (χ4n) is 3.45. The summed E-state index contributed by atoms with van der Waals surface area (Å²) in [6.07, 6.45) is 0. The molecule has 1 N–H and O–H groups in total. The Balaban J connectivity index is 2.28.